The summed E-state index contributed by atoms with van der Waals surface area (Å²) in [5, 5.41) is 7.98. The molecule has 20 heavy (non-hydrogen) atoms. The third kappa shape index (κ3) is 2.62. The van der Waals surface area contributed by atoms with E-state index in [1.807, 2.05) is 19.1 Å². The molecular formula is C13H17N5O2. The number of rotatable bonds is 3. The van der Waals surface area contributed by atoms with Gasteiger partial charge >= 0.3 is 5.69 Å². The van der Waals surface area contributed by atoms with Gasteiger partial charge in [0.15, 0.2) is 0 Å². The summed E-state index contributed by atoms with van der Waals surface area (Å²) in [4.78, 5) is 16.4. The molecule has 0 aliphatic carbocycles. The van der Waals surface area contributed by atoms with Crippen molar-refractivity contribution in [2.24, 2.45) is 0 Å². The fraction of sp³-hybridized carbons (Fsp3) is 0.538. The predicted octanol–water partition coefficient (Wildman–Crippen LogP) is 0.543. The number of tetrazole rings is 1. The Hall–Kier alpha value is -2.02. The molecule has 3 rings (SSSR count). The van der Waals surface area contributed by atoms with Crippen LogP contribution in [0.2, 0.25) is 0 Å². The number of aryl methyl sites for hydroxylation is 1. The highest BCUT2D eigenvalue weighted by Crippen LogP contribution is 2.17. The van der Waals surface area contributed by atoms with Crippen molar-refractivity contribution in [3.63, 3.8) is 0 Å². The minimum Gasteiger partial charge on any atom is -0.381 e. The molecule has 7 nitrogen and oxygen atoms in total. The molecule has 0 amide bonds. The lowest BCUT2D eigenvalue weighted by atomic mass is 10.1. The highest BCUT2D eigenvalue weighted by molar-refractivity contribution is 5.15. The Kier molecular flexibility index (Phi) is 3.60. The summed E-state index contributed by atoms with van der Waals surface area (Å²) in [6.45, 7) is 3.69. The molecule has 106 valence electrons. The molecule has 2 aromatic heterocycles. The summed E-state index contributed by atoms with van der Waals surface area (Å²) in [6.07, 6.45) is 3.36. The first kappa shape index (κ1) is 13.0. The predicted molar refractivity (Wildman–Crippen MR) is 71.4 cm³/mol. The van der Waals surface area contributed by atoms with E-state index in [1.165, 1.54) is 9.36 Å². The molecule has 1 aliphatic heterocycles. The van der Waals surface area contributed by atoms with Gasteiger partial charge in [0, 0.05) is 25.1 Å². The van der Waals surface area contributed by atoms with E-state index in [1.54, 1.807) is 6.20 Å². The molecule has 0 N–H and O–H groups in total. The first-order valence-electron chi connectivity index (χ1n) is 6.75. The molecule has 1 saturated heterocycles. The third-order valence-electron chi connectivity index (χ3n) is 3.49. The lowest BCUT2D eigenvalue weighted by Gasteiger charge is -2.20. The minimum absolute atomic E-state index is 0.101. The van der Waals surface area contributed by atoms with Crippen LogP contribution in [0.1, 0.15) is 30.1 Å². The van der Waals surface area contributed by atoms with Gasteiger partial charge in [0.05, 0.1) is 12.6 Å². The third-order valence-corrected chi connectivity index (χ3v) is 3.49. The van der Waals surface area contributed by atoms with Crippen LogP contribution in [0.15, 0.2) is 23.1 Å². The van der Waals surface area contributed by atoms with Gasteiger partial charge in [-0.05, 0) is 47.9 Å². The highest BCUT2D eigenvalue weighted by Gasteiger charge is 2.20. The molecule has 1 aliphatic rings. The highest BCUT2D eigenvalue weighted by atomic mass is 16.5. The van der Waals surface area contributed by atoms with Crippen molar-refractivity contribution in [2.75, 3.05) is 13.2 Å². The van der Waals surface area contributed by atoms with Crippen molar-refractivity contribution in [1.82, 2.24) is 24.8 Å². The van der Waals surface area contributed by atoms with Gasteiger partial charge in [-0.15, -0.1) is 0 Å². The zero-order chi connectivity index (χ0) is 13.9. The Balaban J connectivity index is 1.81. The number of hydrogen-bond donors (Lipinski definition) is 0. The van der Waals surface area contributed by atoms with Crippen LogP contribution in [0.4, 0.5) is 0 Å². The summed E-state index contributed by atoms with van der Waals surface area (Å²) < 4.78 is 8.18. The van der Waals surface area contributed by atoms with E-state index in [9.17, 15) is 4.79 Å². The zero-order valence-electron chi connectivity index (χ0n) is 11.4. The quantitative estimate of drug-likeness (QED) is 0.817. The number of ether oxygens (including phenoxy) is 1. The molecule has 0 aromatic carbocycles. The molecule has 2 aromatic rings. The van der Waals surface area contributed by atoms with Crippen LogP contribution >= 0.6 is 0 Å². The maximum absolute atomic E-state index is 12.3. The van der Waals surface area contributed by atoms with E-state index in [2.05, 4.69) is 15.4 Å². The summed E-state index contributed by atoms with van der Waals surface area (Å²) in [5.41, 5.74) is 1.76. The second-order valence-corrected chi connectivity index (χ2v) is 5.01. The van der Waals surface area contributed by atoms with Crippen LogP contribution in [-0.4, -0.2) is 38.0 Å². The topological polar surface area (TPSA) is 74.8 Å². The minimum atomic E-state index is -0.161. The van der Waals surface area contributed by atoms with Crippen LogP contribution < -0.4 is 5.69 Å². The van der Waals surface area contributed by atoms with Gasteiger partial charge in [0.25, 0.3) is 0 Å². The molecule has 0 spiro atoms. The van der Waals surface area contributed by atoms with Crippen molar-refractivity contribution in [3.05, 3.63) is 40.1 Å². The van der Waals surface area contributed by atoms with Gasteiger partial charge in [-0.1, -0.05) is 0 Å². The van der Waals surface area contributed by atoms with Crippen molar-refractivity contribution in [2.45, 2.75) is 32.4 Å². The van der Waals surface area contributed by atoms with E-state index in [-0.39, 0.29) is 11.7 Å². The normalized spacial score (nSPS) is 16.4. The van der Waals surface area contributed by atoms with Crippen molar-refractivity contribution >= 4 is 0 Å². The summed E-state index contributed by atoms with van der Waals surface area (Å²) >= 11 is 0. The van der Waals surface area contributed by atoms with Crippen molar-refractivity contribution in [3.8, 4) is 0 Å². The Bertz CT molecular complexity index is 642. The summed E-state index contributed by atoms with van der Waals surface area (Å²) in [6, 6.07) is 3.93. The van der Waals surface area contributed by atoms with Gasteiger partial charge in [0.1, 0.15) is 0 Å². The molecule has 0 radical (unpaired) electrons. The van der Waals surface area contributed by atoms with E-state index in [0.29, 0.717) is 19.8 Å². The van der Waals surface area contributed by atoms with Crippen molar-refractivity contribution < 1.29 is 4.74 Å². The van der Waals surface area contributed by atoms with Crippen LogP contribution in [-0.2, 0) is 11.3 Å². The average molecular weight is 275 g/mol. The Labute approximate surface area is 116 Å². The van der Waals surface area contributed by atoms with E-state index in [0.717, 1.165) is 24.1 Å². The lowest BCUT2D eigenvalue weighted by Crippen LogP contribution is -2.31. The smallest absolute Gasteiger partial charge is 0.364 e. The zero-order valence-corrected chi connectivity index (χ0v) is 11.4. The van der Waals surface area contributed by atoms with Gasteiger partial charge in [-0.2, -0.15) is 9.36 Å². The number of hydrogen-bond acceptors (Lipinski definition) is 5. The number of aromatic nitrogens is 5. The Morgan fingerprint density at radius 2 is 2.15 bits per heavy atom. The van der Waals surface area contributed by atoms with Gasteiger partial charge in [0.2, 0.25) is 0 Å². The first-order valence-corrected chi connectivity index (χ1v) is 6.75. The number of pyridine rings is 1. The van der Waals surface area contributed by atoms with Crippen molar-refractivity contribution in [1.29, 1.82) is 0 Å². The second kappa shape index (κ2) is 5.54. The number of nitrogens with zero attached hydrogens (tertiary/aromatic N) is 5. The summed E-state index contributed by atoms with van der Waals surface area (Å²) in [7, 11) is 0. The largest absolute Gasteiger partial charge is 0.381 e. The molecular weight excluding hydrogens is 258 g/mol. The molecule has 3 heterocycles. The monoisotopic (exact) mass is 275 g/mol. The maximum Gasteiger partial charge on any atom is 0.364 e. The SMILES string of the molecule is Cc1cc(Cn2nnn(C3CCOCC3)c2=O)ccn1. The Morgan fingerprint density at radius 1 is 1.35 bits per heavy atom. The van der Waals surface area contributed by atoms with Gasteiger partial charge in [-0.3, -0.25) is 4.98 Å². The average Bonchev–Trinajstić information content (AvgIpc) is 2.81. The molecule has 0 saturated carbocycles. The molecule has 0 bridgehead atoms. The lowest BCUT2D eigenvalue weighted by molar-refractivity contribution is 0.0647. The fourth-order valence-electron chi connectivity index (χ4n) is 2.42. The van der Waals surface area contributed by atoms with Crippen LogP contribution in [0.5, 0.6) is 0 Å². The van der Waals surface area contributed by atoms with E-state index >= 15 is 0 Å². The Morgan fingerprint density at radius 3 is 2.90 bits per heavy atom. The summed E-state index contributed by atoms with van der Waals surface area (Å²) in [5.74, 6) is 0. The fourth-order valence-corrected chi connectivity index (χ4v) is 2.42. The standard InChI is InChI=1S/C13H17N5O2/c1-10-8-11(2-5-14-10)9-17-13(19)18(16-15-17)12-3-6-20-7-4-12/h2,5,8,12H,3-4,6-7,9H2,1H3. The van der Waals surface area contributed by atoms with Crippen LogP contribution in [0.25, 0.3) is 0 Å². The van der Waals surface area contributed by atoms with E-state index < -0.39 is 0 Å². The van der Waals surface area contributed by atoms with Crippen LogP contribution in [0, 0.1) is 6.92 Å². The molecule has 7 heteroatoms. The molecule has 0 unspecified atom stereocenters. The van der Waals surface area contributed by atoms with Gasteiger partial charge in [-0.25, -0.2) is 4.79 Å². The van der Waals surface area contributed by atoms with E-state index in [4.69, 9.17) is 4.74 Å². The molecule has 0 atom stereocenters. The van der Waals surface area contributed by atoms with Gasteiger partial charge < -0.3 is 4.74 Å². The second-order valence-electron chi connectivity index (χ2n) is 5.01. The maximum atomic E-state index is 12.3. The first-order chi connectivity index (χ1) is 9.74. The molecule has 1 fully saturated rings. The van der Waals surface area contributed by atoms with Crippen LogP contribution in [0.3, 0.4) is 0 Å².